The number of benzene rings is 2. The molecular weight excluding hydrogens is 310 g/mol. The SMILES string of the molecule is O=C(c1c[nH]c2ccccc12)C(Nc1ccncc1)c1ccccc1. The number of pyridine rings is 1. The van der Waals surface area contributed by atoms with Crippen molar-refractivity contribution >= 4 is 22.4 Å². The molecule has 1 unspecified atom stereocenters. The van der Waals surface area contributed by atoms with Gasteiger partial charge < -0.3 is 10.3 Å². The van der Waals surface area contributed by atoms with Gasteiger partial charge in [0.2, 0.25) is 0 Å². The Labute approximate surface area is 145 Å². The van der Waals surface area contributed by atoms with Crippen molar-refractivity contribution in [1.82, 2.24) is 9.97 Å². The molecule has 0 amide bonds. The number of para-hydroxylation sites is 1. The van der Waals surface area contributed by atoms with Gasteiger partial charge in [-0.1, -0.05) is 48.5 Å². The van der Waals surface area contributed by atoms with Gasteiger partial charge in [-0.05, 0) is 23.8 Å². The lowest BCUT2D eigenvalue weighted by Gasteiger charge is -2.19. The van der Waals surface area contributed by atoms with E-state index in [1.165, 1.54) is 0 Å². The molecule has 2 aromatic carbocycles. The smallest absolute Gasteiger partial charge is 0.191 e. The molecule has 0 bridgehead atoms. The average molecular weight is 327 g/mol. The number of aromatic amines is 1. The predicted octanol–water partition coefficient (Wildman–Crippen LogP) is 4.60. The summed E-state index contributed by atoms with van der Waals surface area (Å²) in [7, 11) is 0. The van der Waals surface area contributed by atoms with Crippen molar-refractivity contribution in [3.8, 4) is 0 Å². The number of carbonyl (C=O) groups excluding carboxylic acids is 1. The van der Waals surface area contributed by atoms with Crippen molar-refractivity contribution in [1.29, 1.82) is 0 Å². The summed E-state index contributed by atoms with van der Waals surface area (Å²) >= 11 is 0. The minimum atomic E-state index is -0.470. The first-order valence-electron chi connectivity index (χ1n) is 8.15. The van der Waals surface area contributed by atoms with E-state index in [1.54, 1.807) is 18.6 Å². The molecule has 4 rings (SSSR count). The third-order valence-electron chi connectivity index (χ3n) is 4.24. The van der Waals surface area contributed by atoms with Crippen LogP contribution in [0, 0.1) is 0 Å². The molecule has 2 N–H and O–H groups in total. The second-order valence-electron chi connectivity index (χ2n) is 5.84. The Hall–Kier alpha value is -3.40. The van der Waals surface area contributed by atoms with Crippen LogP contribution in [0.4, 0.5) is 5.69 Å². The number of nitrogens with one attached hydrogen (secondary N) is 2. The lowest BCUT2D eigenvalue weighted by Crippen LogP contribution is -2.21. The molecule has 1 atom stereocenters. The standard InChI is InChI=1S/C21H17N3O/c25-21(18-14-23-19-9-5-4-8-17(18)19)20(15-6-2-1-3-7-15)24-16-10-12-22-13-11-16/h1-14,20,23H,(H,22,24). The summed E-state index contributed by atoms with van der Waals surface area (Å²) in [5.41, 5.74) is 3.43. The summed E-state index contributed by atoms with van der Waals surface area (Å²) in [5.74, 6) is 0.0282. The lowest BCUT2D eigenvalue weighted by atomic mass is 9.96. The van der Waals surface area contributed by atoms with E-state index >= 15 is 0 Å². The normalized spacial score (nSPS) is 12.0. The number of aromatic nitrogens is 2. The number of Topliss-reactive ketones (excluding diaryl/α,β-unsaturated/α-hetero) is 1. The van der Waals surface area contributed by atoms with Crippen LogP contribution in [-0.2, 0) is 0 Å². The summed E-state index contributed by atoms with van der Waals surface area (Å²) in [5, 5.41) is 4.28. The van der Waals surface area contributed by atoms with Gasteiger partial charge in [0.1, 0.15) is 6.04 Å². The molecular formula is C21H17N3O. The number of hydrogen-bond donors (Lipinski definition) is 2. The summed E-state index contributed by atoms with van der Waals surface area (Å²) in [6, 6.07) is 20.9. The van der Waals surface area contributed by atoms with Crippen LogP contribution < -0.4 is 5.32 Å². The average Bonchev–Trinajstić information content (AvgIpc) is 3.11. The molecule has 2 heterocycles. The summed E-state index contributed by atoms with van der Waals surface area (Å²) in [6.45, 7) is 0. The van der Waals surface area contributed by atoms with E-state index in [-0.39, 0.29) is 5.78 Å². The van der Waals surface area contributed by atoms with Crippen LogP contribution >= 0.6 is 0 Å². The highest BCUT2D eigenvalue weighted by atomic mass is 16.1. The van der Waals surface area contributed by atoms with Crippen LogP contribution in [0.25, 0.3) is 10.9 Å². The molecule has 4 nitrogen and oxygen atoms in total. The van der Waals surface area contributed by atoms with Crippen LogP contribution in [0.5, 0.6) is 0 Å². The van der Waals surface area contributed by atoms with Gasteiger partial charge in [0.05, 0.1) is 0 Å². The molecule has 0 spiro atoms. The molecule has 0 radical (unpaired) electrons. The number of ketones is 1. The topological polar surface area (TPSA) is 57.8 Å². The van der Waals surface area contributed by atoms with Crippen molar-refractivity contribution in [2.24, 2.45) is 0 Å². The molecule has 0 fully saturated rings. The Balaban J connectivity index is 1.76. The first kappa shape index (κ1) is 15.1. The third kappa shape index (κ3) is 3.02. The summed E-state index contributed by atoms with van der Waals surface area (Å²) in [4.78, 5) is 20.5. The molecule has 0 aliphatic carbocycles. The highest BCUT2D eigenvalue weighted by Crippen LogP contribution is 2.27. The fraction of sp³-hybridized carbons (Fsp3) is 0.0476. The fourth-order valence-electron chi connectivity index (χ4n) is 2.99. The molecule has 0 saturated carbocycles. The lowest BCUT2D eigenvalue weighted by molar-refractivity contribution is 0.0971. The van der Waals surface area contributed by atoms with Crippen molar-refractivity contribution in [3.63, 3.8) is 0 Å². The minimum Gasteiger partial charge on any atom is -0.371 e. The van der Waals surface area contributed by atoms with Gasteiger partial charge in [0.15, 0.2) is 5.78 Å². The highest BCUT2D eigenvalue weighted by Gasteiger charge is 2.24. The second-order valence-corrected chi connectivity index (χ2v) is 5.84. The van der Waals surface area contributed by atoms with E-state index in [2.05, 4.69) is 15.3 Å². The van der Waals surface area contributed by atoms with E-state index in [0.717, 1.165) is 22.2 Å². The fourth-order valence-corrected chi connectivity index (χ4v) is 2.99. The van der Waals surface area contributed by atoms with Crippen molar-refractivity contribution in [3.05, 3.63) is 96.4 Å². The van der Waals surface area contributed by atoms with Gasteiger partial charge >= 0.3 is 0 Å². The Morgan fingerprint density at radius 3 is 2.44 bits per heavy atom. The van der Waals surface area contributed by atoms with E-state index < -0.39 is 6.04 Å². The molecule has 2 aromatic heterocycles. The van der Waals surface area contributed by atoms with Crippen LogP contribution in [0.1, 0.15) is 22.0 Å². The van der Waals surface area contributed by atoms with Crippen LogP contribution in [0.15, 0.2) is 85.3 Å². The predicted molar refractivity (Wildman–Crippen MR) is 99.7 cm³/mol. The monoisotopic (exact) mass is 327 g/mol. The Morgan fingerprint density at radius 1 is 0.920 bits per heavy atom. The van der Waals surface area contributed by atoms with Crippen LogP contribution in [0.3, 0.4) is 0 Å². The zero-order chi connectivity index (χ0) is 17.1. The maximum atomic E-state index is 13.3. The third-order valence-corrected chi connectivity index (χ3v) is 4.24. The molecule has 4 aromatic rings. The van der Waals surface area contributed by atoms with E-state index in [9.17, 15) is 4.79 Å². The first-order valence-corrected chi connectivity index (χ1v) is 8.15. The quantitative estimate of drug-likeness (QED) is 0.527. The molecule has 25 heavy (non-hydrogen) atoms. The van der Waals surface area contributed by atoms with Gasteiger partial charge in [-0.15, -0.1) is 0 Å². The van der Waals surface area contributed by atoms with Gasteiger partial charge in [0, 0.05) is 40.7 Å². The van der Waals surface area contributed by atoms with Crippen molar-refractivity contribution in [2.75, 3.05) is 5.32 Å². The van der Waals surface area contributed by atoms with Gasteiger partial charge in [-0.25, -0.2) is 0 Å². The maximum Gasteiger partial charge on any atom is 0.191 e. The zero-order valence-electron chi connectivity index (χ0n) is 13.5. The number of anilines is 1. The number of rotatable bonds is 5. The number of hydrogen-bond acceptors (Lipinski definition) is 3. The zero-order valence-corrected chi connectivity index (χ0v) is 13.5. The number of nitrogens with zero attached hydrogens (tertiary/aromatic N) is 1. The Bertz CT molecular complexity index is 993. The first-order chi connectivity index (χ1) is 12.3. The van der Waals surface area contributed by atoms with Crippen molar-refractivity contribution in [2.45, 2.75) is 6.04 Å². The van der Waals surface area contributed by atoms with E-state index in [1.807, 2.05) is 66.7 Å². The molecule has 0 aliphatic heterocycles. The number of carbonyl (C=O) groups is 1. The Kier molecular flexibility index (Phi) is 4.01. The second kappa shape index (κ2) is 6.61. The van der Waals surface area contributed by atoms with E-state index in [4.69, 9.17) is 0 Å². The largest absolute Gasteiger partial charge is 0.371 e. The number of fused-ring (bicyclic) bond motifs is 1. The van der Waals surface area contributed by atoms with Gasteiger partial charge in [0.25, 0.3) is 0 Å². The Morgan fingerprint density at radius 2 is 1.64 bits per heavy atom. The summed E-state index contributed by atoms with van der Waals surface area (Å²) < 4.78 is 0. The van der Waals surface area contributed by atoms with Crippen LogP contribution in [0.2, 0.25) is 0 Å². The van der Waals surface area contributed by atoms with Crippen LogP contribution in [-0.4, -0.2) is 15.8 Å². The minimum absolute atomic E-state index is 0.0282. The summed E-state index contributed by atoms with van der Waals surface area (Å²) in [6.07, 6.45) is 5.21. The molecule has 122 valence electrons. The highest BCUT2D eigenvalue weighted by molar-refractivity contribution is 6.11. The van der Waals surface area contributed by atoms with Crippen molar-refractivity contribution < 1.29 is 4.79 Å². The molecule has 4 heteroatoms. The maximum absolute atomic E-state index is 13.3. The molecule has 0 saturated heterocycles. The van der Waals surface area contributed by atoms with E-state index in [0.29, 0.717) is 5.56 Å². The molecule has 0 aliphatic rings. The van der Waals surface area contributed by atoms with Gasteiger partial charge in [-0.2, -0.15) is 0 Å². The van der Waals surface area contributed by atoms with Gasteiger partial charge in [-0.3, -0.25) is 9.78 Å². The number of H-pyrrole nitrogens is 1.